The predicted octanol–water partition coefficient (Wildman–Crippen LogP) is 3.06. The van der Waals surface area contributed by atoms with E-state index in [0.717, 1.165) is 5.52 Å². The molecule has 0 saturated carbocycles. The van der Waals surface area contributed by atoms with Crippen LogP contribution in [0.25, 0.3) is 10.9 Å². The van der Waals surface area contributed by atoms with Crippen LogP contribution in [0.2, 0.25) is 0 Å². The first-order chi connectivity index (χ1) is 7.92. The molecule has 0 fully saturated rings. The Morgan fingerprint density at radius 3 is 2.71 bits per heavy atom. The number of hydrogen-bond acceptors (Lipinski definition) is 1. The number of carboxylic acid groups (broad SMARTS) is 1. The van der Waals surface area contributed by atoms with Gasteiger partial charge in [0.2, 0.25) is 0 Å². The minimum absolute atomic E-state index is 0.481. The van der Waals surface area contributed by atoms with Crippen LogP contribution in [0, 0.1) is 12.3 Å². The van der Waals surface area contributed by atoms with E-state index in [0.29, 0.717) is 6.54 Å². The molecule has 1 aromatic carbocycles. The second-order valence-electron chi connectivity index (χ2n) is 5.14. The van der Waals surface area contributed by atoms with E-state index in [1.54, 1.807) is 13.8 Å². The summed E-state index contributed by atoms with van der Waals surface area (Å²) in [6.45, 7) is 6.04. The minimum atomic E-state index is -0.771. The van der Waals surface area contributed by atoms with Crippen molar-refractivity contribution in [2.24, 2.45) is 5.41 Å². The molecule has 2 rings (SSSR count). The third-order valence-corrected chi connectivity index (χ3v) is 3.18. The summed E-state index contributed by atoms with van der Waals surface area (Å²) in [7, 11) is 0. The van der Waals surface area contributed by atoms with E-state index >= 15 is 0 Å². The maximum Gasteiger partial charge on any atom is 0.310 e. The molecule has 0 atom stereocenters. The van der Waals surface area contributed by atoms with Crippen LogP contribution in [0.4, 0.5) is 0 Å². The fraction of sp³-hybridized carbons (Fsp3) is 0.357. The summed E-state index contributed by atoms with van der Waals surface area (Å²) in [6.07, 6.45) is 1.96. The van der Waals surface area contributed by atoms with Crippen LogP contribution in [0.3, 0.4) is 0 Å². The smallest absolute Gasteiger partial charge is 0.310 e. The van der Waals surface area contributed by atoms with Crippen molar-refractivity contribution in [2.45, 2.75) is 27.3 Å². The number of hydrogen-bond donors (Lipinski definition) is 1. The van der Waals surface area contributed by atoms with E-state index in [2.05, 4.69) is 13.0 Å². The largest absolute Gasteiger partial charge is 0.481 e. The van der Waals surface area contributed by atoms with Gasteiger partial charge in [-0.25, -0.2) is 0 Å². The Bertz CT molecular complexity index is 567. The number of aromatic nitrogens is 1. The van der Waals surface area contributed by atoms with Crippen molar-refractivity contribution in [1.29, 1.82) is 0 Å². The van der Waals surface area contributed by atoms with Gasteiger partial charge in [-0.15, -0.1) is 0 Å². The van der Waals surface area contributed by atoms with Crippen LogP contribution in [0.15, 0.2) is 30.5 Å². The van der Waals surface area contributed by atoms with Gasteiger partial charge in [-0.2, -0.15) is 0 Å². The highest BCUT2D eigenvalue weighted by atomic mass is 16.4. The zero-order chi connectivity index (χ0) is 12.6. The monoisotopic (exact) mass is 231 g/mol. The molecule has 1 aromatic heterocycles. The van der Waals surface area contributed by atoms with Gasteiger partial charge in [0.25, 0.3) is 0 Å². The molecule has 2 aromatic rings. The molecule has 0 aliphatic rings. The van der Waals surface area contributed by atoms with Crippen LogP contribution in [-0.4, -0.2) is 15.6 Å². The number of aryl methyl sites for hydroxylation is 1. The quantitative estimate of drug-likeness (QED) is 0.882. The average molecular weight is 231 g/mol. The minimum Gasteiger partial charge on any atom is -0.481 e. The Kier molecular flexibility index (Phi) is 2.69. The summed E-state index contributed by atoms with van der Waals surface area (Å²) >= 11 is 0. The van der Waals surface area contributed by atoms with Gasteiger partial charge in [-0.3, -0.25) is 4.79 Å². The molecule has 0 spiro atoms. The van der Waals surface area contributed by atoms with Gasteiger partial charge in [0.15, 0.2) is 0 Å². The van der Waals surface area contributed by atoms with Gasteiger partial charge in [-0.05, 0) is 38.5 Å². The zero-order valence-corrected chi connectivity index (χ0v) is 10.4. The van der Waals surface area contributed by atoms with Crippen LogP contribution in [-0.2, 0) is 11.3 Å². The maximum atomic E-state index is 11.1. The van der Waals surface area contributed by atoms with Crippen molar-refractivity contribution < 1.29 is 9.90 Å². The van der Waals surface area contributed by atoms with E-state index in [1.807, 2.05) is 29.0 Å². The first-order valence-corrected chi connectivity index (χ1v) is 5.70. The summed E-state index contributed by atoms with van der Waals surface area (Å²) in [5.41, 5.74) is 1.56. The third-order valence-electron chi connectivity index (χ3n) is 3.18. The number of benzene rings is 1. The lowest BCUT2D eigenvalue weighted by Gasteiger charge is -2.20. The number of nitrogens with zero attached hydrogens (tertiary/aromatic N) is 1. The molecule has 0 unspecified atom stereocenters. The van der Waals surface area contributed by atoms with E-state index in [9.17, 15) is 4.79 Å². The molecule has 90 valence electrons. The second kappa shape index (κ2) is 3.91. The summed E-state index contributed by atoms with van der Waals surface area (Å²) in [4.78, 5) is 11.1. The Labute approximate surface area is 101 Å². The summed E-state index contributed by atoms with van der Waals surface area (Å²) < 4.78 is 2.01. The molecule has 0 amide bonds. The Hall–Kier alpha value is -1.77. The Balaban J connectivity index is 2.44. The highest BCUT2D eigenvalue weighted by Crippen LogP contribution is 2.24. The van der Waals surface area contributed by atoms with Crippen LogP contribution >= 0.6 is 0 Å². The Morgan fingerprint density at radius 2 is 2.06 bits per heavy atom. The molecular weight excluding hydrogens is 214 g/mol. The van der Waals surface area contributed by atoms with Gasteiger partial charge >= 0.3 is 5.97 Å². The highest BCUT2D eigenvalue weighted by molar-refractivity contribution is 5.83. The molecule has 1 heterocycles. The van der Waals surface area contributed by atoms with Crippen molar-refractivity contribution in [1.82, 2.24) is 4.57 Å². The summed E-state index contributed by atoms with van der Waals surface area (Å²) in [5, 5.41) is 10.3. The SMILES string of the molecule is Cc1cccc2c1ccn2CC(C)(C)C(=O)O. The molecule has 1 N–H and O–H groups in total. The molecular formula is C14H17NO2. The lowest BCUT2D eigenvalue weighted by molar-refractivity contribution is -0.147. The van der Waals surface area contributed by atoms with Crippen LogP contribution < -0.4 is 0 Å². The van der Waals surface area contributed by atoms with Crippen molar-refractivity contribution in [3.63, 3.8) is 0 Å². The zero-order valence-electron chi connectivity index (χ0n) is 10.4. The lowest BCUT2D eigenvalue weighted by Crippen LogP contribution is -2.28. The molecule has 0 aliphatic heterocycles. The van der Waals surface area contributed by atoms with E-state index < -0.39 is 11.4 Å². The molecule has 0 radical (unpaired) electrons. The second-order valence-corrected chi connectivity index (χ2v) is 5.14. The first-order valence-electron chi connectivity index (χ1n) is 5.70. The topological polar surface area (TPSA) is 42.2 Å². The molecule has 0 bridgehead atoms. The fourth-order valence-corrected chi connectivity index (χ4v) is 2.01. The van der Waals surface area contributed by atoms with Gasteiger partial charge < -0.3 is 9.67 Å². The number of carboxylic acids is 1. The first kappa shape index (κ1) is 11.7. The lowest BCUT2D eigenvalue weighted by atomic mass is 9.94. The molecule has 0 saturated heterocycles. The number of aliphatic carboxylic acids is 1. The predicted molar refractivity (Wildman–Crippen MR) is 68.1 cm³/mol. The number of fused-ring (bicyclic) bond motifs is 1. The van der Waals surface area contributed by atoms with Crippen molar-refractivity contribution in [3.05, 3.63) is 36.0 Å². The van der Waals surface area contributed by atoms with Crippen LogP contribution in [0.5, 0.6) is 0 Å². The average Bonchev–Trinajstić information content (AvgIpc) is 2.62. The normalized spacial score (nSPS) is 11.9. The highest BCUT2D eigenvalue weighted by Gasteiger charge is 2.27. The van der Waals surface area contributed by atoms with E-state index in [4.69, 9.17) is 5.11 Å². The van der Waals surface area contributed by atoms with Gasteiger partial charge in [0, 0.05) is 23.6 Å². The maximum absolute atomic E-state index is 11.1. The Morgan fingerprint density at radius 1 is 1.35 bits per heavy atom. The van der Waals surface area contributed by atoms with Crippen molar-refractivity contribution >= 4 is 16.9 Å². The van der Waals surface area contributed by atoms with Crippen LogP contribution in [0.1, 0.15) is 19.4 Å². The molecule has 0 aliphatic carbocycles. The van der Waals surface area contributed by atoms with Crippen molar-refractivity contribution in [3.8, 4) is 0 Å². The fourth-order valence-electron chi connectivity index (χ4n) is 2.01. The number of rotatable bonds is 3. The van der Waals surface area contributed by atoms with Gasteiger partial charge in [0.05, 0.1) is 5.41 Å². The van der Waals surface area contributed by atoms with Crippen molar-refractivity contribution in [2.75, 3.05) is 0 Å². The number of carbonyl (C=O) groups is 1. The summed E-state index contributed by atoms with van der Waals surface area (Å²) in [6, 6.07) is 8.14. The molecule has 3 heteroatoms. The molecule has 17 heavy (non-hydrogen) atoms. The summed E-state index contributed by atoms with van der Waals surface area (Å²) in [5.74, 6) is -0.771. The van der Waals surface area contributed by atoms with E-state index in [1.165, 1.54) is 10.9 Å². The van der Waals surface area contributed by atoms with Gasteiger partial charge in [-0.1, -0.05) is 12.1 Å². The molecule has 3 nitrogen and oxygen atoms in total. The van der Waals surface area contributed by atoms with Gasteiger partial charge in [0.1, 0.15) is 0 Å². The standard InChI is InChI=1S/C14H17NO2/c1-10-5-4-6-12-11(10)7-8-15(12)9-14(2,3)13(16)17/h4-8H,9H2,1-3H3,(H,16,17). The van der Waals surface area contributed by atoms with E-state index in [-0.39, 0.29) is 0 Å². The third kappa shape index (κ3) is 2.05.